The van der Waals surface area contributed by atoms with Crippen LogP contribution in [0.15, 0.2) is 58.1 Å². The molecule has 21 heavy (non-hydrogen) atoms. The number of benzene rings is 2. The summed E-state index contributed by atoms with van der Waals surface area (Å²) in [6.45, 7) is 1.06. The highest BCUT2D eigenvalue weighted by Crippen LogP contribution is 2.15. The number of ether oxygens (including phenoxy) is 1. The number of hydrogen-bond donors (Lipinski definition) is 2. The Balaban J connectivity index is 1.84. The van der Waals surface area contributed by atoms with E-state index in [2.05, 4.69) is 26.5 Å². The lowest BCUT2D eigenvalue weighted by atomic mass is 10.2. The number of hydrogen-bond acceptors (Lipinski definition) is 4. The molecule has 0 heterocycles. The lowest BCUT2D eigenvalue weighted by Gasteiger charge is -2.06. The molecule has 0 aromatic heterocycles. The fraction of sp³-hybridized carbons (Fsp3) is 0.188. The Kier molecular flexibility index (Phi) is 6.24. The monoisotopic (exact) mass is 348 g/mol. The fourth-order valence-electron chi connectivity index (χ4n) is 1.63. The average Bonchev–Trinajstić information content (AvgIpc) is 2.52. The molecule has 0 spiro atoms. The summed E-state index contributed by atoms with van der Waals surface area (Å²) in [7, 11) is 0. The van der Waals surface area contributed by atoms with Crippen LogP contribution in [0.5, 0.6) is 5.75 Å². The number of nitrogens with one attached hydrogen (secondary N) is 1. The van der Waals surface area contributed by atoms with E-state index in [1.165, 1.54) is 0 Å². The maximum atomic E-state index is 8.61. The molecule has 0 aliphatic carbocycles. The van der Waals surface area contributed by atoms with Gasteiger partial charge in [-0.3, -0.25) is 0 Å². The van der Waals surface area contributed by atoms with Gasteiger partial charge in [0.05, 0.1) is 19.4 Å². The van der Waals surface area contributed by atoms with Crippen LogP contribution in [0.1, 0.15) is 11.1 Å². The third-order valence-corrected chi connectivity index (χ3v) is 3.26. The van der Waals surface area contributed by atoms with Gasteiger partial charge in [-0.15, -0.1) is 0 Å². The van der Waals surface area contributed by atoms with Crippen LogP contribution in [-0.2, 0) is 6.61 Å². The summed E-state index contributed by atoms with van der Waals surface area (Å²) >= 11 is 3.41. The minimum atomic E-state index is 0.0696. The van der Waals surface area contributed by atoms with Gasteiger partial charge in [-0.25, -0.2) is 0 Å². The van der Waals surface area contributed by atoms with Crippen molar-refractivity contribution in [1.82, 2.24) is 5.43 Å². The molecule has 0 aliphatic heterocycles. The van der Waals surface area contributed by atoms with Crippen LogP contribution < -0.4 is 10.2 Å². The zero-order valence-corrected chi connectivity index (χ0v) is 13.1. The summed E-state index contributed by atoms with van der Waals surface area (Å²) in [5, 5.41) is 12.6. The third kappa shape index (κ3) is 5.57. The van der Waals surface area contributed by atoms with E-state index >= 15 is 0 Å². The van der Waals surface area contributed by atoms with E-state index in [1.54, 1.807) is 6.21 Å². The molecule has 5 heteroatoms. The highest BCUT2D eigenvalue weighted by Gasteiger charge is 1.96. The van der Waals surface area contributed by atoms with Crippen LogP contribution in [0, 0.1) is 0 Å². The van der Waals surface area contributed by atoms with Gasteiger partial charge in [0.2, 0.25) is 0 Å². The predicted molar refractivity (Wildman–Crippen MR) is 87.6 cm³/mol. The molecule has 0 saturated carbocycles. The SMILES string of the molecule is OCCNN=Cc1ccc(OCc2ccc(Br)cc2)cc1. The number of aliphatic hydroxyl groups is 1. The van der Waals surface area contributed by atoms with Gasteiger partial charge in [0.1, 0.15) is 12.4 Å². The number of halogens is 1. The molecule has 110 valence electrons. The molecule has 0 unspecified atom stereocenters. The van der Waals surface area contributed by atoms with Gasteiger partial charge in [-0.2, -0.15) is 5.10 Å². The topological polar surface area (TPSA) is 53.8 Å². The summed E-state index contributed by atoms with van der Waals surface area (Å²) in [6.07, 6.45) is 1.70. The van der Waals surface area contributed by atoms with Crippen LogP contribution in [0.4, 0.5) is 0 Å². The van der Waals surface area contributed by atoms with Gasteiger partial charge in [-0.1, -0.05) is 28.1 Å². The van der Waals surface area contributed by atoms with Crippen molar-refractivity contribution in [3.8, 4) is 5.75 Å². The molecule has 2 N–H and O–H groups in total. The first-order valence-electron chi connectivity index (χ1n) is 6.62. The molecular formula is C16H17BrN2O2. The zero-order chi connectivity index (χ0) is 14.9. The highest BCUT2D eigenvalue weighted by atomic mass is 79.9. The molecule has 0 saturated heterocycles. The predicted octanol–water partition coefficient (Wildman–Crippen LogP) is 2.94. The minimum Gasteiger partial charge on any atom is -0.489 e. The summed E-state index contributed by atoms with van der Waals surface area (Å²) in [5.74, 6) is 0.818. The largest absolute Gasteiger partial charge is 0.489 e. The normalized spacial score (nSPS) is 10.8. The number of rotatable bonds is 7. The molecule has 0 amide bonds. The van der Waals surface area contributed by atoms with Crippen LogP contribution in [0.3, 0.4) is 0 Å². The van der Waals surface area contributed by atoms with Gasteiger partial charge in [0.25, 0.3) is 0 Å². The Morgan fingerprint density at radius 1 is 1.10 bits per heavy atom. The van der Waals surface area contributed by atoms with Crippen molar-refractivity contribution < 1.29 is 9.84 Å². The molecule has 0 radical (unpaired) electrons. The maximum Gasteiger partial charge on any atom is 0.119 e. The molecule has 0 fully saturated rings. The first-order chi connectivity index (χ1) is 10.3. The van der Waals surface area contributed by atoms with Crippen LogP contribution >= 0.6 is 15.9 Å². The lowest BCUT2D eigenvalue weighted by molar-refractivity contribution is 0.294. The van der Waals surface area contributed by atoms with E-state index in [0.717, 1.165) is 21.3 Å². The third-order valence-electron chi connectivity index (χ3n) is 2.73. The fourth-order valence-corrected chi connectivity index (χ4v) is 1.90. The van der Waals surface area contributed by atoms with Crippen molar-refractivity contribution in [3.05, 3.63) is 64.1 Å². The van der Waals surface area contributed by atoms with E-state index in [0.29, 0.717) is 13.2 Å². The summed E-state index contributed by atoms with van der Waals surface area (Å²) in [4.78, 5) is 0. The molecule has 0 bridgehead atoms. The van der Waals surface area contributed by atoms with E-state index < -0.39 is 0 Å². The van der Waals surface area contributed by atoms with E-state index in [1.807, 2.05) is 48.5 Å². The van der Waals surface area contributed by atoms with E-state index in [9.17, 15) is 0 Å². The molecule has 4 nitrogen and oxygen atoms in total. The van der Waals surface area contributed by atoms with Crippen molar-refractivity contribution >= 4 is 22.1 Å². The van der Waals surface area contributed by atoms with Gasteiger partial charge < -0.3 is 15.3 Å². The number of hydrazone groups is 1. The van der Waals surface area contributed by atoms with Crippen LogP contribution in [0.2, 0.25) is 0 Å². The first-order valence-corrected chi connectivity index (χ1v) is 7.41. The van der Waals surface area contributed by atoms with Gasteiger partial charge >= 0.3 is 0 Å². The molecule has 2 rings (SSSR count). The standard InChI is InChI=1S/C16H17BrN2O2/c17-15-5-1-14(2-6-15)12-21-16-7-3-13(4-8-16)11-19-18-9-10-20/h1-8,11,18,20H,9-10,12H2. The number of nitrogens with zero attached hydrogens (tertiary/aromatic N) is 1. The minimum absolute atomic E-state index is 0.0696. The Morgan fingerprint density at radius 2 is 1.81 bits per heavy atom. The molecular weight excluding hydrogens is 332 g/mol. The molecule has 2 aromatic carbocycles. The van der Waals surface area contributed by atoms with E-state index in [-0.39, 0.29) is 6.61 Å². The zero-order valence-electron chi connectivity index (χ0n) is 11.5. The summed E-state index contributed by atoms with van der Waals surface area (Å²) < 4.78 is 6.78. The Labute approximate surface area is 132 Å². The van der Waals surface area contributed by atoms with Crippen molar-refractivity contribution in [2.45, 2.75) is 6.61 Å². The smallest absolute Gasteiger partial charge is 0.119 e. The van der Waals surface area contributed by atoms with Gasteiger partial charge in [0, 0.05) is 4.47 Å². The first kappa shape index (κ1) is 15.5. The second-order valence-electron chi connectivity index (χ2n) is 4.37. The maximum absolute atomic E-state index is 8.61. The van der Waals surface area contributed by atoms with Gasteiger partial charge in [0.15, 0.2) is 0 Å². The Bertz CT molecular complexity index is 568. The average molecular weight is 349 g/mol. The second-order valence-corrected chi connectivity index (χ2v) is 5.29. The lowest BCUT2D eigenvalue weighted by Crippen LogP contribution is -2.11. The van der Waals surface area contributed by atoms with Crippen molar-refractivity contribution in [1.29, 1.82) is 0 Å². The van der Waals surface area contributed by atoms with Crippen LogP contribution in [-0.4, -0.2) is 24.5 Å². The summed E-state index contributed by atoms with van der Waals surface area (Å²) in [5.41, 5.74) is 4.82. The summed E-state index contributed by atoms with van der Waals surface area (Å²) in [6, 6.07) is 15.7. The van der Waals surface area contributed by atoms with E-state index in [4.69, 9.17) is 9.84 Å². The van der Waals surface area contributed by atoms with Gasteiger partial charge in [-0.05, 0) is 47.5 Å². The molecule has 2 aromatic rings. The second kappa shape index (κ2) is 8.44. The van der Waals surface area contributed by atoms with Crippen molar-refractivity contribution in [2.75, 3.05) is 13.2 Å². The Morgan fingerprint density at radius 3 is 2.48 bits per heavy atom. The van der Waals surface area contributed by atoms with Crippen molar-refractivity contribution in [2.24, 2.45) is 5.10 Å². The molecule has 0 aliphatic rings. The van der Waals surface area contributed by atoms with Crippen molar-refractivity contribution in [3.63, 3.8) is 0 Å². The number of aliphatic hydroxyl groups excluding tert-OH is 1. The Hall–Kier alpha value is -1.85. The highest BCUT2D eigenvalue weighted by molar-refractivity contribution is 9.10. The molecule has 0 atom stereocenters. The van der Waals surface area contributed by atoms with Crippen LogP contribution in [0.25, 0.3) is 0 Å². The quantitative estimate of drug-likeness (QED) is 0.459.